The van der Waals surface area contributed by atoms with E-state index in [-0.39, 0.29) is 12.6 Å². The van der Waals surface area contributed by atoms with Gasteiger partial charge < -0.3 is 29.7 Å². The minimum absolute atomic E-state index is 0.259. The number of carbonyl (C=O) groups excluding carboxylic acids is 2. The summed E-state index contributed by atoms with van der Waals surface area (Å²) in [6, 6.07) is 4.88. The normalized spacial score (nSPS) is 24.0. The van der Waals surface area contributed by atoms with Crippen molar-refractivity contribution in [2.75, 3.05) is 33.9 Å². The summed E-state index contributed by atoms with van der Waals surface area (Å²) in [5, 5.41) is 5.75. The molecule has 3 atom stereocenters. The van der Waals surface area contributed by atoms with Crippen molar-refractivity contribution in [3.8, 4) is 11.5 Å². The highest BCUT2D eigenvalue weighted by atomic mass is 16.5. The summed E-state index contributed by atoms with van der Waals surface area (Å²) >= 11 is 0. The number of hydrogen-bond acceptors (Lipinski definition) is 5. The molecule has 30 heavy (non-hydrogen) atoms. The van der Waals surface area contributed by atoms with Crippen molar-refractivity contribution in [1.29, 1.82) is 0 Å². The zero-order chi connectivity index (χ0) is 21.7. The van der Waals surface area contributed by atoms with Gasteiger partial charge >= 0.3 is 12.0 Å². The molecule has 0 spiro atoms. The average Bonchev–Trinajstić information content (AvgIpc) is 2.74. The molecule has 3 rings (SSSR count). The summed E-state index contributed by atoms with van der Waals surface area (Å²) in [5.74, 6) is 0.682. The molecular weight excluding hydrogens is 386 g/mol. The maximum absolute atomic E-state index is 13.0. The van der Waals surface area contributed by atoms with E-state index in [0.29, 0.717) is 35.4 Å². The number of carbonyl (C=O) groups is 2. The molecule has 3 N–H and O–H groups in total. The number of urea groups is 1. The van der Waals surface area contributed by atoms with Gasteiger partial charge in [-0.05, 0) is 50.8 Å². The van der Waals surface area contributed by atoms with Crippen LogP contribution >= 0.6 is 0 Å². The first-order valence-electron chi connectivity index (χ1n) is 10.5. The molecule has 1 aromatic rings. The Labute approximate surface area is 177 Å². The number of benzene rings is 1. The number of esters is 1. The molecule has 1 saturated heterocycles. The van der Waals surface area contributed by atoms with Gasteiger partial charge in [0, 0.05) is 0 Å². The molecule has 2 heterocycles. The second kappa shape index (κ2) is 9.84. The minimum Gasteiger partial charge on any atom is -0.493 e. The number of piperidine rings is 1. The van der Waals surface area contributed by atoms with Crippen LogP contribution in [0.2, 0.25) is 0 Å². The van der Waals surface area contributed by atoms with Gasteiger partial charge in [0.05, 0.1) is 50.7 Å². The smallest absolute Gasteiger partial charge is 0.338 e. The van der Waals surface area contributed by atoms with Gasteiger partial charge in [0.25, 0.3) is 0 Å². The Morgan fingerprint density at radius 1 is 1.20 bits per heavy atom. The third-order valence-electron chi connectivity index (χ3n) is 5.88. The summed E-state index contributed by atoms with van der Waals surface area (Å²) in [6.07, 6.45) is 3.51. The van der Waals surface area contributed by atoms with Crippen molar-refractivity contribution in [3.63, 3.8) is 0 Å². The first-order valence-corrected chi connectivity index (χ1v) is 10.5. The third kappa shape index (κ3) is 4.70. The number of likely N-dealkylation sites (tertiary alicyclic amines) is 1. The van der Waals surface area contributed by atoms with Crippen molar-refractivity contribution in [3.05, 3.63) is 35.0 Å². The van der Waals surface area contributed by atoms with Crippen molar-refractivity contribution >= 4 is 12.0 Å². The lowest BCUT2D eigenvalue weighted by Gasteiger charge is -2.34. The summed E-state index contributed by atoms with van der Waals surface area (Å²) < 4.78 is 16.1. The molecule has 2 aliphatic heterocycles. The van der Waals surface area contributed by atoms with E-state index in [1.165, 1.54) is 11.3 Å². The molecule has 2 aliphatic rings. The zero-order valence-corrected chi connectivity index (χ0v) is 18.2. The van der Waals surface area contributed by atoms with Gasteiger partial charge in [-0.2, -0.15) is 0 Å². The van der Waals surface area contributed by atoms with E-state index in [0.717, 1.165) is 24.9 Å². The van der Waals surface area contributed by atoms with E-state index in [9.17, 15) is 9.59 Å². The lowest BCUT2D eigenvalue weighted by molar-refractivity contribution is -0.924. The van der Waals surface area contributed by atoms with Gasteiger partial charge in [0.15, 0.2) is 11.5 Å². The molecule has 8 nitrogen and oxygen atoms in total. The van der Waals surface area contributed by atoms with Gasteiger partial charge in [-0.1, -0.05) is 6.07 Å². The van der Waals surface area contributed by atoms with Crippen LogP contribution in [-0.4, -0.2) is 52.0 Å². The highest BCUT2D eigenvalue weighted by molar-refractivity contribution is 5.95. The maximum Gasteiger partial charge on any atom is 0.338 e. The molecular formula is C22H32N3O5+. The second-order valence-corrected chi connectivity index (χ2v) is 7.74. The first kappa shape index (κ1) is 22.0. The second-order valence-electron chi connectivity index (χ2n) is 7.74. The lowest BCUT2D eigenvalue weighted by atomic mass is 9.94. The van der Waals surface area contributed by atoms with E-state index >= 15 is 0 Å². The molecule has 0 saturated carbocycles. The Bertz CT molecular complexity index is 823. The van der Waals surface area contributed by atoms with Crippen LogP contribution in [0.1, 0.15) is 44.7 Å². The SMILES string of the molecule is CCOC(=O)C1=C(C[NH+]2CCCC[C@@H]2C)NC(=O)N[C@H]1c1ccc(OC)c(OC)c1. The van der Waals surface area contributed by atoms with Crippen LogP contribution in [0.25, 0.3) is 0 Å². The van der Waals surface area contributed by atoms with Gasteiger partial charge in [-0.15, -0.1) is 0 Å². The largest absolute Gasteiger partial charge is 0.493 e. The van der Waals surface area contributed by atoms with Gasteiger partial charge in [-0.25, -0.2) is 9.59 Å². The molecule has 1 fully saturated rings. The van der Waals surface area contributed by atoms with Gasteiger partial charge in [0.1, 0.15) is 6.54 Å². The fourth-order valence-corrected chi connectivity index (χ4v) is 4.23. The summed E-state index contributed by atoms with van der Waals surface area (Å²) in [7, 11) is 3.12. The minimum atomic E-state index is -0.632. The summed E-state index contributed by atoms with van der Waals surface area (Å²) in [4.78, 5) is 26.8. The van der Waals surface area contributed by atoms with Crippen molar-refractivity contribution in [2.45, 2.75) is 45.2 Å². The predicted octanol–water partition coefficient (Wildman–Crippen LogP) is 1.33. The van der Waals surface area contributed by atoms with Crippen LogP contribution in [-0.2, 0) is 9.53 Å². The molecule has 0 bridgehead atoms. The number of amides is 2. The van der Waals surface area contributed by atoms with Crippen LogP contribution in [0.5, 0.6) is 11.5 Å². The van der Waals surface area contributed by atoms with Gasteiger partial charge in [0.2, 0.25) is 0 Å². The van der Waals surface area contributed by atoms with E-state index < -0.39 is 12.0 Å². The molecule has 1 unspecified atom stereocenters. The highest BCUT2D eigenvalue weighted by Crippen LogP contribution is 2.34. The fourth-order valence-electron chi connectivity index (χ4n) is 4.23. The quantitative estimate of drug-likeness (QED) is 0.582. The van der Waals surface area contributed by atoms with Crippen LogP contribution in [0, 0.1) is 0 Å². The van der Waals surface area contributed by atoms with Crippen LogP contribution in [0.3, 0.4) is 0 Å². The Morgan fingerprint density at radius 3 is 2.63 bits per heavy atom. The highest BCUT2D eigenvalue weighted by Gasteiger charge is 2.36. The lowest BCUT2D eigenvalue weighted by Crippen LogP contribution is -3.16. The Morgan fingerprint density at radius 2 is 1.97 bits per heavy atom. The van der Waals surface area contributed by atoms with Crippen molar-refractivity contribution in [2.24, 2.45) is 0 Å². The van der Waals surface area contributed by atoms with E-state index in [4.69, 9.17) is 14.2 Å². The van der Waals surface area contributed by atoms with Crippen molar-refractivity contribution < 1.29 is 28.7 Å². The van der Waals surface area contributed by atoms with Crippen LogP contribution in [0.15, 0.2) is 29.5 Å². The maximum atomic E-state index is 13.0. The Kier molecular flexibility index (Phi) is 7.20. The number of methoxy groups -OCH3 is 2. The van der Waals surface area contributed by atoms with Crippen LogP contribution < -0.4 is 25.0 Å². The standard InChI is InChI=1S/C22H31N3O5/c1-5-30-21(26)19-16(13-25-11-7-6-8-14(25)2)23-22(27)24-20(19)15-9-10-17(28-3)18(12-15)29-4/h9-10,12,14,20H,5-8,11,13H2,1-4H3,(H2,23,24,27)/p+1/t14-,20-/m0/s1. The molecule has 0 aromatic heterocycles. The molecule has 0 aliphatic carbocycles. The Balaban J connectivity index is 2.03. The monoisotopic (exact) mass is 418 g/mol. The van der Waals surface area contributed by atoms with Gasteiger partial charge in [-0.3, -0.25) is 0 Å². The van der Waals surface area contributed by atoms with E-state index in [1.807, 2.05) is 6.07 Å². The third-order valence-corrected chi connectivity index (χ3v) is 5.88. The zero-order valence-electron chi connectivity index (χ0n) is 18.2. The topological polar surface area (TPSA) is 90.3 Å². The van der Waals surface area contributed by atoms with Crippen LogP contribution in [0.4, 0.5) is 4.79 Å². The van der Waals surface area contributed by atoms with E-state index in [2.05, 4.69) is 17.6 Å². The number of rotatable bonds is 7. The molecule has 164 valence electrons. The Hall–Kier alpha value is -2.74. The number of ether oxygens (including phenoxy) is 3. The molecule has 8 heteroatoms. The molecule has 1 aromatic carbocycles. The fraction of sp³-hybridized carbons (Fsp3) is 0.545. The molecule has 0 radical (unpaired) electrons. The number of quaternary nitrogens is 1. The molecule has 2 amide bonds. The average molecular weight is 419 g/mol. The number of nitrogens with one attached hydrogen (secondary N) is 3. The van der Waals surface area contributed by atoms with E-state index in [1.54, 1.807) is 33.3 Å². The predicted molar refractivity (Wildman–Crippen MR) is 112 cm³/mol. The summed E-state index contributed by atoms with van der Waals surface area (Å²) in [5.41, 5.74) is 1.79. The summed E-state index contributed by atoms with van der Waals surface area (Å²) in [6.45, 7) is 5.84. The number of hydrogen-bond donors (Lipinski definition) is 3. The first-order chi connectivity index (χ1) is 14.5. The van der Waals surface area contributed by atoms with Crippen molar-refractivity contribution in [1.82, 2.24) is 10.6 Å².